The molecule has 28 heavy (non-hydrogen) atoms. The number of nitrogens with one attached hydrogen (secondary N) is 3. The van der Waals surface area contributed by atoms with E-state index in [2.05, 4.69) is 42.6 Å². The average Bonchev–Trinajstić information content (AvgIpc) is 3.21. The molecule has 0 spiro atoms. The number of carbonyl (C=O) groups is 1. The van der Waals surface area contributed by atoms with Crippen molar-refractivity contribution in [3.8, 4) is 22.5 Å². The molecule has 5 rings (SSSR count). The van der Waals surface area contributed by atoms with Gasteiger partial charge in [-0.05, 0) is 30.3 Å². The van der Waals surface area contributed by atoms with Crippen molar-refractivity contribution in [2.75, 3.05) is 37.6 Å². The van der Waals surface area contributed by atoms with Crippen molar-refractivity contribution < 1.29 is 4.79 Å². The zero-order valence-corrected chi connectivity index (χ0v) is 15.5. The van der Waals surface area contributed by atoms with Crippen LogP contribution in [0.25, 0.3) is 22.5 Å². The van der Waals surface area contributed by atoms with Gasteiger partial charge < -0.3 is 20.5 Å². The fourth-order valence-corrected chi connectivity index (χ4v) is 3.82. The third-order valence-electron chi connectivity index (χ3n) is 5.36. The molecule has 1 amide bonds. The lowest BCUT2D eigenvalue weighted by Gasteiger charge is -2.28. The topological polar surface area (TPSA) is 85.9 Å². The van der Waals surface area contributed by atoms with Gasteiger partial charge in [0.2, 0.25) is 0 Å². The number of hydrogen-bond acceptors (Lipinski definition) is 5. The Morgan fingerprint density at radius 3 is 2.64 bits per heavy atom. The number of piperazine rings is 1. The molecule has 2 aliphatic heterocycles. The highest BCUT2D eigenvalue weighted by atomic mass is 16.1. The van der Waals surface area contributed by atoms with Gasteiger partial charge in [0, 0.05) is 74.1 Å². The van der Waals surface area contributed by atoms with E-state index >= 15 is 0 Å². The third kappa shape index (κ3) is 3.14. The minimum absolute atomic E-state index is 0.00858. The number of nitrogens with zero attached hydrogens (tertiary/aromatic N) is 3. The monoisotopic (exact) mass is 374 g/mol. The van der Waals surface area contributed by atoms with E-state index in [9.17, 15) is 4.79 Å². The van der Waals surface area contributed by atoms with E-state index in [0.717, 1.165) is 72.2 Å². The third-order valence-corrected chi connectivity index (χ3v) is 5.36. The van der Waals surface area contributed by atoms with Crippen molar-refractivity contribution in [1.82, 2.24) is 25.6 Å². The molecule has 142 valence electrons. The highest BCUT2D eigenvalue weighted by molar-refractivity contribution is 5.97. The molecule has 1 saturated heterocycles. The molecular formula is C21H22N6O. The Morgan fingerprint density at radius 2 is 1.86 bits per heavy atom. The minimum atomic E-state index is -0.00858. The molecule has 3 aromatic rings. The lowest BCUT2D eigenvalue weighted by Crippen LogP contribution is -2.43. The van der Waals surface area contributed by atoms with Gasteiger partial charge in [-0.15, -0.1) is 0 Å². The van der Waals surface area contributed by atoms with Crippen LogP contribution < -0.4 is 15.5 Å². The largest absolute Gasteiger partial charge is 0.358 e. The second-order valence-electron chi connectivity index (χ2n) is 7.15. The van der Waals surface area contributed by atoms with Gasteiger partial charge in [-0.3, -0.25) is 9.78 Å². The molecule has 0 atom stereocenters. The van der Waals surface area contributed by atoms with Crippen molar-refractivity contribution in [3.63, 3.8) is 0 Å². The highest BCUT2D eigenvalue weighted by Crippen LogP contribution is 2.27. The molecule has 1 fully saturated rings. The Bertz CT molecular complexity index is 1000. The minimum Gasteiger partial charge on any atom is -0.358 e. The molecule has 2 aliphatic rings. The van der Waals surface area contributed by atoms with E-state index in [0.29, 0.717) is 6.54 Å². The van der Waals surface area contributed by atoms with Gasteiger partial charge in [0.15, 0.2) is 0 Å². The van der Waals surface area contributed by atoms with Crippen LogP contribution in [-0.4, -0.2) is 53.6 Å². The molecule has 0 unspecified atom stereocenters. The fraction of sp³-hybridized carbons (Fsp3) is 0.286. The number of fused-ring (bicyclic) bond motifs is 1. The van der Waals surface area contributed by atoms with Crippen LogP contribution in [0.2, 0.25) is 0 Å². The Balaban J connectivity index is 1.42. The predicted octanol–water partition coefficient (Wildman–Crippen LogP) is 1.83. The number of rotatable bonds is 3. The summed E-state index contributed by atoms with van der Waals surface area (Å²) >= 11 is 0. The Labute approximate surface area is 163 Å². The molecule has 7 nitrogen and oxygen atoms in total. The Kier molecular flexibility index (Phi) is 4.29. The van der Waals surface area contributed by atoms with Crippen molar-refractivity contribution in [2.45, 2.75) is 6.42 Å². The maximum absolute atomic E-state index is 12.0. The van der Waals surface area contributed by atoms with Crippen LogP contribution in [0.15, 0.2) is 42.7 Å². The Morgan fingerprint density at radius 1 is 0.964 bits per heavy atom. The van der Waals surface area contributed by atoms with Crippen molar-refractivity contribution in [1.29, 1.82) is 0 Å². The van der Waals surface area contributed by atoms with Gasteiger partial charge in [-0.2, -0.15) is 0 Å². The van der Waals surface area contributed by atoms with E-state index in [1.54, 1.807) is 6.20 Å². The van der Waals surface area contributed by atoms with Crippen LogP contribution >= 0.6 is 0 Å². The summed E-state index contributed by atoms with van der Waals surface area (Å²) in [6, 6.07) is 10.1. The smallest absolute Gasteiger partial charge is 0.253 e. The summed E-state index contributed by atoms with van der Waals surface area (Å²) in [5.41, 5.74) is 5.54. The van der Waals surface area contributed by atoms with Gasteiger partial charge >= 0.3 is 0 Å². The second-order valence-corrected chi connectivity index (χ2v) is 7.15. The quantitative estimate of drug-likeness (QED) is 0.651. The first-order valence-corrected chi connectivity index (χ1v) is 9.66. The standard InChI is InChI=1S/C21H22N6O/c28-21-16-12-19(26-17(16)4-6-24-21)14-3-5-23-18(11-14)15-1-2-20(25-13-15)27-9-7-22-8-10-27/h1-3,5,11-13,22,26H,4,6-10H2,(H,24,28). The van der Waals surface area contributed by atoms with Gasteiger partial charge in [0.05, 0.1) is 11.3 Å². The molecule has 5 heterocycles. The van der Waals surface area contributed by atoms with Crippen LogP contribution in [0.1, 0.15) is 16.1 Å². The van der Waals surface area contributed by atoms with Gasteiger partial charge in [0.25, 0.3) is 5.91 Å². The lowest BCUT2D eigenvalue weighted by atomic mass is 10.1. The number of aromatic nitrogens is 3. The fourth-order valence-electron chi connectivity index (χ4n) is 3.82. The van der Waals surface area contributed by atoms with Gasteiger partial charge in [-0.1, -0.05) is 0 Å². The van der Waals surface area contributed by atoms with E-state index in [4.69, 9.17) is 0 Å². The van der Waals surface area contributed by atoms with Crippen LogP contribution in [0.4, 0.5) is 5.82 Å². The molecule has 3 aromatic heterocycles. The molecule has 0 radical (unpaired) electrons. The summed E-state index contributed by atoms with van der Waals surface area (Å²) in [4.78, 5) is 26.9. The first-order chi connectivity index (χ1) is 13.8. The molecule has 0 saturated carbocycles. The molecule has 0 bridgehead atoms. The molecule has 7 heteroatoms. The lowest BCUT2D eigenvalue weighted by molar-refractivity contribution is 0.0946. The van der Waals surface area contributed by atoms with Crippen molar-refractivity contribution in [2.24, 2.45) is 0 Å². The number of anilines is 1. The van der Waals surface area contributed by atoms with Crippen LogP contribution in [-0.2, 0) is 6.42 Å². The summed E-state index contributed by atoms with van der Waals surface area (Å²) in [5, 5.41) is 6.24. The van der Waals surface area contributed by atoms with Crippen LogP contribution in [0.3, 0.4) is 0 Å². The second kappa shape index (κ2) is 7.09. The zero-order chi connectivity index (χ0) is 18.9. The van der Waals surface area contributed by atoms with Crippen LogP contribution in [0, 0.1) is 0 Å². The number of amides is 1. The molecule has 3 N–H and O–H groups in total. The summed E-state index contributed by atoms with van der Waals surface area (Å²) in [5.74, 6) is 0.996. The Hall–Kier alpha value is -3.19. The van der Waals surface area contributed by atoms with Crippen LogP contribution in [0.5, 0.6) is 0 Å². The van der Waals surface area contributed by atoms with Crippen molar-refractivity contribution in [3.05, 3.63) is 54.0 Å². The zero-order valence-electron chi connectivity index (χ0n) is 15.5. The predicted molar refractivity (Wildman–Crippen MR) is 108 cm³/mol. The number of pyridine rings is 2. The van der Waals surface area contributed by atoms with Gasteiger partial charge in [-0.25, -0.2) is 4.98 Å². The number of carbonyl (C=O) groups excluding carboxylic acids is 1. The number of aromatic amines is 1. The summed E-state index contributed by atoms with van der Waals surface area (Å²) < 4.78 is 0. The molecular weight excluding hydrogens is 352 g/mol. The normalized spacial score (nSPS) is 16.6. The van der Waals surface area contributed by atoms with E-state index in [-0.39, 0.29) is 5.91 Å². The summed E-state index contributed by atoms with van der Waals surface area (Å²) in [6.45, 7) is 4.62. The van der Waals surface area contributed by atoms with Crippen molar-refractivity contribution >= 4 is 11.7 Å². The highest BCUT2D eigenvalue weighted by Gasteiger charge is 2.20. The maximum atomic E-state index is 12.0. The summed E-state index contributed by atoms with van der Waals surface area (Å²) in [7, 11) is 0. The number of H-pyrrole nitrogens is 1. The molecule has 0 aliphatic carbocycles. The number of hydrogen-bond donors (Lipinski definition) is 3. The van der Waals surface area contributed by atoms with Gasteiger partial charge in [0.1, 0.15) is 5.82 Å². The average molecular weight is 374 g/mol. The van der Waals surface area contributed by atoms with E-state index < -0.39 is 0 Å². The SMILES string of the molecule is O=C1NCCc2[nH]c(-c3ccnc(-c4ccc(N5CCNCC5)nc4)c3)cc21. The maximum Gasteiger partial charge on any atom is 0.253 e. The first-order valence-electron chi connectivity index (χ1n) is 9.66. The molecule has 0 aromatic carbocycles. The first kappa shape index (κ1) is 16.9. The van der Waals surface area contributed by atoms with E-state index in [1.165, 1.54) is 0 Å². The van der Waals surface area contributed by atoms with E-state index in [1.807, 2.05) is 24.4 Å². The summed E-state index contributed by atoms with van der Waals surface area (Å²) in [6.07, 6.45) is 4.52.